The highest BCUT2D eigenvalue weighted by atomic mass is 16.1. The minimum atomic E-state index is 0.0959. The first-order valence-electron chi connectivity index (χ1n) is 7.10. The van der Waals surface area contributed by atoms with Gasteiger partial charge in [-0.1, -0.05) is 37.6 Å². The molecule has 1 unspecified atom stereocenters. The van der Waals surface area contributed by atoms with E-state index in [2.05, 4.69) is 44.0 Å². The molecule has 1 heterocycles. The van der Waals surface area contributed by atoms with Crippen molar-refractivity contribution in [1.29, 1.82) is 0 Å². The molecule has 1 atom stereocenters. The Hall–Kier alpha value is -1.57. The van der Waals surface area contributed by atoms with Crippen LogP contribution in [-0.4, -0.2) is 10.8 Å². The lowest BCUT2D eigenvalue weighted by Gasteiger charge is -2.33. The zero-order valence-electron chi connectivity index (χ0n) is 11.9. The maximum Gasteiger partial charge on any atom is 0.164 e. The van der Waals surface area contributed by atoms with Crippen LogP contribution in [0.15, 0.2) is 30.0 Å². The van der Waals surface area contributed by atoms with E-state index in [0.29, 0.717) is 18.1 Å². The van der Waals surface area contributed by atoms with E-state index in [0.717, 1.165) is 18.4 Å². The maximum absolute atomic E-state index is 12.0. The molecule has 0 aromatic carbocycles. The van der Waals surface area contributed by atoms with Crippen LogP contribution in [0.3, 0.4) is 0 Å². The molecule has 2 aliphatic rings. The third kappa shape index (κ3) is 1.99. The zero-order chi connectivity index (χ0) is 13.6. The second-order valence-corrected chi connectivity index (χ2v) is 6.41. The molecular weight excluding hydrogens is 234 g/mol. The molecular formula is C17H21NO. The average molecular weight is 255 g/mol. The van der Waals surface area contributed by atoms with E-state index < -0.39 is 0 Å². The summed E-state index contributed by atoms with van der Waals surface area (Å²) in [7, 11) is 0. The number of fused-ring (bicyclic) bond motifs is 1. The molecule has 0 saturated carbocycles. The predicted molar refractivity (Wildman–Crippen MR) is 77.5 cm³/mol. The van der Waals surface area contributed by atoms with Gasteiger partial charge in [-0.15, -0.1) is 0 Å². The largest absolute Gasteiger partial charge is 0.364 e. The molecule has 0 radical (unpaired) electrons. The summed E-state index contributed by atoms with van der Waals surface area (Å²) in [6.45, 7) is 6.66. The molecule has 19 heavy (non-hydrogen) atoms. The van der Waals surface area contributed by atoms with Crippen LogP contribution >= 0.6 is 0 Å². The number of aromatic nitrogens is 1. The topological polar surface area (TPSA) is 32.9 Å². The smallest absolute Gasteiger partial charge is 0.164 e. The highest BCUT2D eigenvalue weighted by Gasteiger charge is 2.33. The Morgan fingerprint density at radius 1 is 1.32 bits per heavy atom. The van der Waals surface area contributed by atoms with Gasteiger partial charge in [0.2, 0.25) is 0 Å². The van der Waals surface area contributed by atoms with Gasteiger partial charge in [-0.3, -0.25) is 4.79 Å². The first-order chi connectivity index (χ1) is 8.99. The summed E-state index contributed by atoms with van der Waals surface area (Å²) in [6, 6.07) is 0. The van der Waals surface area contributed by atoms with Crippen molar-refractivity contribution >= 4 is 5.78 Å². The number of allylic oxidation sites excluding steroid dienone is 4. The normalized spacial score (nSPS) is 25.1. The molecule has 3 rings (SSSR count). The first kappa shape index (κ1) is 12.5. The summed E-state index contributed by atoms with van der Waals surface area (Å²) in [4.78, 5) is 15.4. The molecule has 0 saturated heterocycles. The van der Waals surface area contributed by atoms with Crippen molar-refractivity contribution in [2.45, 2.75) is 46.0 Å². The fourth-order valence-electron chi connectivity index (χ4n) is 3.26. The lowest BCUT2D eigenvalue weighted by molar-refractivity contribution is 0.0972. The number of aromatic amines is 1. The van der Waals surface area contributed by atoms with Gasteiger partial charge in [0.25, 0.3) is 0 Å². The number of Topliss-reactive ketones (excluding diaryl/α,β-unsaturated/α-hetero) is 1. The van der Waals surface area contributed by atoms with Gasteiger partial charge in [0.05, 0.1) is 0 Å². The summed E-state index contributed by atoms with van der Waals surface area (Å²) >= 11 is 0. The summed E-state index contributed by atoms with van der Waals surface area (Å²) in [6.07, 6.45) is 11.4. The second kappa shape index (κ2) is 4.22. The molecule has 0 bridgehead atoms. The summed E-state index contributed by atoms with van der Waals surface area (Å²) < 4.78 is 0. The molecule has 100 valence electrons. The van der Waals surface area contributed by atoms with Gasteiger partial charge in [-0.2, -0.15) is 0 Å². The van der Waals surface area contributed by atoms with Crippen molar-refractivity contribution in [3.05, 3.63) is 46.8 Å². The molecule has 2 nitrogen and oxygen atoms in total. The lowest BCUT2D eigenvalue weighted by Crippen LogP contribution is -2.23. The molecule has 1 aromatic heterocycles. The van der Waals surface area contributed by atoms with E-state index in [1.165, 1.54) is 16.8 Å². The molecule has 0 amide bonds. The van der Waals surface area contributed by atoms with Gasteiger partial charge in [0.15, 0.2) is 5.78 Å². The second-order valence-electron chi connectivity index (χ2n) is 6.41. The van der Waals surface area contributed by atoms with E-state index in [1.807, 2.05) is 6.20 Å². The van der Waals surface area contributed by atoms with Crippen molar-refractivity contribution in [2.24, 2.45) is 5.41 Å². The van der Waals surface area contributed by atoms with Gasteiger partial charge in [-0.25, -0.2) is 0 Å². The predicted octanol–water partition coefficient (Wildman–Crippen LogP) is 4.16. The first-order valence-corrected chi connectivity index (χ1v) is 7.10. The number of ketones is 1. The van der Waals surface area contributed by atoms with Crippen LogP contribution in [0, 0.1) is 5.41 Å². The van der Waals surface area contributed by atoms with Gasteiger partial charge >= 0.3 is 0 Å². The Morgan fingerprint density at radius 2 is 2.11 bits per heavy atom. The molecule has 1 aromatic rings. The summed E-state index contributed by atoms with van der Waals surface area (Å²) in [5, 5.41) is 0. The quantitative estimate of drug-likeness (QED) is 0.803. The van der Waals surface area contributed by atoms with Gasteiger partial charge in [0, 0.05) is 29.8 Å². The molecule has 0 aliphatic heterocycles. The Morgan fingerprint density at radius 3 is 2.89 bits per heavy atom. The van der Waals surface area contributed by atoms with Gasteiger partial charge < -0.3 is 4.98 Å². The molecule has 0 fully saturated rings. The number of hydrogen-bond acceptors (Lipinski definition) is 1. The fraction of sp³-hybridized carbons (Fsp3) is 0.471. The van der Waals surface area contributed by atoms with Crippen LogP contribution < -0.4 is 0 Å². The monoisotopic (exact) mass is 255 g/mol. The Labute approximate surface area is 114 Å². The van der Waals surface area contributed by atoms with E-state index in [-0.39, 0.29) is 5.41 Å². The number of hydrogen-bond donors (Lipinski definition) is 1. The van der Waals surface area contributed by atoms with Crippen molar-refractivity contribution < 1.29 is 4.79 Å². The molecule has 0 spiro atoms. The third-order valence-corrected chi connectivity index (χ3v) is 4.47. The Balaban J connectivity index is 2.08. The van der Waals surface area contributed by atoms with Crippen molar-refractivity contribution in [2.75, 3.05) is 0 Å². The Kier molecular flexibility index (Phi) is 2.77. The third-order valence-electron chi connectivity index (χ3n) is 4.47. The van der Waals surface area contributed by atoms with Crippen LogP contribution in [0.4, 0.5) is 0 Å². The zero-order valence-corrected chi connectivity index (χ0v) is 11.9. The van der Waals surface area contributed by atoms with E-state index in [9.17, 15) is 4.79 Å². The highest BCUT2D eigenvalue weighted by molar-refractivity contribution is 5.98. The van der Waals surface area contributed by atoms with Crippen molar-refractivity contribution in [3.63, 3.8) is 0 Å². The average Bonchev–Trinajstić information content (AvgIpc) is 2.77. The minimum absolute atomic E-state index is 0.0959. The van der Waals surface area contributed by atoms with E-state index in [1.54, 1.807) is 0 Å². The summed E-state index contributed by atoms with van der Waals surface area (Å²) in [5.74, 6) is 0.640. The number of carbonyl (C=O) groups is 1. The Bertz CT molecular complexity index is 586. The van der Waals surface area contributed by atoms with Gasteiger partial charge in [-0.05, 0) is 30.7 Å². The van der Waals surface area contributed by atoms with Gasteiger partial charge in [0.1, 0.15) is 0 Å². The van der Waals surface area contributed by atoms with Crippen LogP contribution in [0.2, 0.25) is 0 Å². The molecule has 2 heteroatoms. The van der Waals surface area contributed by atoms with E-state index >= 15 is 0 Å². The van der Waals surface area contributed by atoms with Crippen LogP contribution in [0.25, 0.3) is 0 Å². The van der Waals surface area contributed by atoms with E-state index in [4.69, 9.17) is 0 Å². The lowest BCUT2D eigenvalue weighted by atomic mass is 9.71. The van der Waals surface area contributed by atoms with Crippen molar-refractivity contribution in [1.82, 2.24) is 4.98 Å². The number of H-pyrrole nitrogens is 1. The number of nitrogens with one attached hydrogen (secondary N) is 1. The number of carbonyl (C=O) groups excluding carboxylic acids is 1. The fourth-order valence-corrected chi connectivity index (χ4v) is 3.26. The van der Waals surface area contributed by atoms with Crippen LogP contribution in [0.5, 0.6) is 0 Å². The standard InChI is InChI=1S/C17H21NO/c1-11-7-8-17(2,3)14(9-11)16-12-5-4-6-15(19)13(12)10-18-16/h7-10,14,18H,4-6H2,1-3H3. The SMILES string of the molecule is CC1=CC(c2[nH]cc3c2CCCC3=O)C(C)(C)C=C1. The molecule has 2 aliphatic carbocycles. The molecule has 1 N–H and O–H groups in total. The summed E-state index contributed by atoms with van der Waals surface area (Å²) in [5.41, 5.74) is 4.83. The highest BCUT2D eigenvalue weighted by Crippen LogP contribution is 2.43. The maximum atomic E-state index is 12.0. The minimum Gasteiger partial charge on any atom is -0.364 e. The van der Waals surface area contributed by atoms with Crippen molar-refractivity contribution in [3.8, 4) is 0 Å². The van der Waals surface area contributed by atoms with Crippen LogP contribution in [-0.2, 0) is 6.42 Å². The number of rotatable bonds is 1. The van der Waals surface area contributed by atoms with Crippen LogP contribution in [0.1, 0.15) is 61.1 Å².